The number of ether oxygens (including phenoxy) is 1. The highest BCUT2D eigenvalue weighted by Crippen LogP contribution is 1.66. The molecule has 8 N–H and O–H groups in total. The second kappa shape index (κ2) is 16.8. The van der Waals surface area contributed by atoms with Crippen molar-refractivity contribution in [3.63, 3.8) is 0 Å². The molecule has 0 aliphatic heterocycles. The first kappa shape index (κ1) is 22.5. The molecule has 1 amide bonds. The fourth-order valence-electron chi connectivity index (χ4n) is 0.142. The van der Waals surface area contributed by atoms with Gasteiger partial charge in [0, 0.05) is 6.08 Å². The van der Waals surface area contributed by atoms with E-state index in [1.54, 1.807) is 6.92 Å². The van der Waals surface area contributed by atoms with E-state index in [9.17, 15) is 9.59 Å². The number of hydrogen-bond acceptors (Lipinski definition) is 4. The number of carbonyl (C=O) groups excluding carboxylic acids is 1. The zero-order chi connectivity index (χ0) is 9.28. The zero-order valence-corrected chi connectivity index (χ0v) is 7.45. The maximum absolute atomic E-state index is 9.60. The van der Waals surface area contributed by atoms with E-state index in [0.717, 1.165) is 6.08 Å². The van der Waals surface area contributed by atoms with Crippen LogP contribution in [0.1, 0.15) is 6.92 Å². The second-order valence-electron chi connectivity index (χ2n) is 1.29. The average Bonchev–Trinajstić information content (AvgIpc) is 1.89. The van der Waals surface area contributed by atoms with Crippen molar-refractivity contribution in [1.82, 2.24) is 6.15 Å². The van der Waals surface area contributed by atoms with Gasteiger partial charge in [-0.2, -0.15) is 0 Å². The molecule has 0 atom stereocenters. The van der Waals surface area contributed by atoms with Gasteiger partial charge in [-0.15, -0.1) is 0 Å². The van der Waals surface area contributed by atoms with E-state index in [1.165, 1.54) is 0 Å². The third-order valence-electron chi connectivity index (χ3n) is 0.461. The number of rotatable bonds is 2. The van der Waals surface area contributed by atoms with E-state index in [4.69, 9.17) is 5.11 Å². The van der Waals surface area contributed by atoms with Crippen molar-refractivity contribution >= 4 is 12.1 Å². The van der Waals surface area contributed by atoms with Crippen molar-refractivity contribution in [2.45, 2.75) is 6.92 Å². The number of carbonyl (C=O) groups is 2. The molecule has 0 radical (unpaired) electrons. The van der Waals surface area contributed by atoms with Crippen LogP contribution in [0.5, 0.6) is 0 Å². The van der Waals surface area contributed by atoms with Crippen LogP contribution in [-0.2, 0) is 9.53 Å². The van der Waals surface area contributed by atoms with Gasteiger partial charge in [0.15, 0.2) is 0 Å². The van der Waals surface area contributed by atoms with Gasteiger partial charge in [-0.3, -0.25) is 0 Å². The van der Waals surface area contributed by atoms with Gasteiger partial charge < -0.3 is 27.2 Å². The molecule has 7 heteroatoms. The van der Waals surface area contributed by atoms with Crippen LogP contribution in [0.25, 0.3) is 0 Å². The van der Waals surface area contributed by atoms with Crippen LogP contribution in [-0.4, -0.2) is 29.3 Å². The number of hydrogen-bond donors (Lipinski definition) is 3. The second-order valence-corrected chi connectivity index (χ2v) is 1.29. The molecule has 0 aromatic carbocycles. The smallest absolute Gasteiger partial charge is 0.404 e. The Bertz CT molecular complexity index is 148. The average molecular weight is 196 g/mol. The Kier molecular flexibility index (Phi) is 29.1. The highest BCUT2D eigenvalue weighted by Gasteiger charge is 1.82. The highest BCUT2D eigenvalue weighted by molar-refractivity contribution is 5.78. The molecule has 0 rings (SSSR count). The summed E-state index contributed by atoms with van der Waals surface area (Å²) >= 11 is 0. The number of nitrogens with two attached hydrogens (primary N) is 1. The Morgan fingerprint density at radius 2 is 1.92 bits per heavy atom. The maximum Gasteiger partial charge on any atom is 0.404 e. The van der Waals surface area contributed by atoms with Gasteiger partial charge in [-0.1, -0.05) is 6.58 Å². The summed E-state index contributed by atoms with van der Waals surface area (Å²) in [7, 11) is 0. The van der Waals surface area contributed by atoms with Gasteiger partial charge in [0.1, 0.15) is 0 Å². The van der Waals surface area contributed by atoms with Crippen molar-refractivity contribution in [3.05, 3.63) is 12.7 Å². The molecule has 0 unspecified atom stereocenters. The zero-order valence-electron chi connectivity index (χ0n) is 7.45. The minimum atomic E-state index is -0.981. The largest absolute Gasteiger partial charge is 0.478 e. The van der Waals surface area contributed by atoms with Crippen LogP contribution in [0, 0.1) is 0 Å². The Balaban J connectivity index is -0.0000000546. The summed E-state index contributed by atoms with van der Waals surface area (Å²) in [5.41, 5.74) is 4.54. The molecule has 0 aromatic heterocycles. The van der Waals surface area contributed by atoms with E-state index >= 15 is 0 Å². The molecule has 0 saturated carbocycles. The lowest BCUT2D eigenvalue weighted by Gasteiger charge is -1.89. The van der Waals surface area contributed by atoms with Crippen LogP contribution in [0.3, 0.4) is 0 Å². The fourth-order valence-corrected chi connectivity index (χ4v) is 0.142. The molecule has 0 saturated heterocycles. The number of primary amides is 1. The van der Waals surface area contributed by atoms with Crippen molar-refractivity contribution in [2.24, 2.45) is 5.73 Å². The number of carboxylic acid groups (broad SMARTS) is 1. The van der Waals surface area contributed by atoms with Gasteiger partial charge >= 0.3 is 12.1 Å². The normalized spacial score (nSPS) is 5.92. The summed E-state index contributed by atoms with van der Waals surface area (Å²) in [5, 5.41) is 7.60. The molecule has 0 aliphatic rings. The molecule has 0 aromatic rings. The van der Waals surface area contributed by atoms with Crippen LogP contribution in [0.15, 0.2) is 12.7 Å². The van der Waals surface area contributed by atoms with Crippen molar-refractivity contribution < 1.29 is 24.9 Å². The summed E-state index contributed by atoms with van der Waals surface area (Å²) in [6.07, 6.45) is 0.123. The van der Waals surface area contributed by atoms with Crippen molar-refractivity contribution in [2.75, 3.05) is 6.61 Å². The highest BCUT2D eigenvalue weighted by atomic mass is 16.5. The molecule has 13 heavy (non-hydrogen) atoms. The van der Waals surface area contributed by atoms with E-state index in [1.807, 2.05) is 0 Å². The molecular weight excluding hydrogens is 180 g/mol. The Morgan fingerprint density at radius 1 is 1.62 bits per heavy atom. The quantitative estimate of drug-likeness (QED) is 0.516. The number of amides is 1. The van der Waals surface area contributed by atoms with Crippen LogP contribution in [0.2, 0.25) is 0 Å². The van der Waals surface area contributed by atoms with Gasteiger partial charge in [0.25, 0.3) is 0 Å². The van der Waals surface area contributed by atoms with Crippen molar-refractivity contribution in [1.29, 1.82) is 0 Å². The van der Waals surface area contributed by atoms with E-state index < -0.39 is 12.1 Å². The van der Waals surface area contributed by atoms with Crippen molar-refractivity contribution in [3.8, 4) is 0 Å². The third kappa shape index (κ3) is 63.5. The van der Waals surface area contributed by atoms with Crippen LogP contribution >= 0.6 is 0 Å². The number of carboxylic acids is 1. The third-order valence-corrected chi connectivity index (χ3v) is 0.461. The first-order chi connectivity index (χ1) is 5.04. The van der Waals surface area contributed by atoms with E-state index in [0.29, 0.717) is 6.61 Å². The molecule has 0 heterocycles. The van der Waals surface area contributed by atoms with Gasteiger partial charge in [0.05, 0.1) is 6.61 Å². The minimum absolute atomic E-state index is 0. The lowest BCUT2D eigenvalue weighted by molar-refractivity contribution is -0.131. The summed E-state index contributed by atoms with van der Waals surface area (Å²) in [6, 6.07) is 0. The summed E-state index contributed by atoms with van der Waals surface area (Å²) in [4.78, 5) is 18.8. The lowest BCUT2D eigenvalue weighted by atomic mass is 10.7. The molecule has 7 nitrogen and oxygen atoms in total. The Labute approximate surface area is 76.1 Å². The molecule has 0 aliphatic carbocycles. The summed E-state index contributed by atoms with van der Waals surface area (Å²) in [6.45, 7) is 5.02. The lowest BCUT2D eigenvalue weighted by Crippen LogP contribution is -2.11. The number of aliphatic carboxylic acids is 1. The first-order valence-electron chi connectivity index (χ1n) is 2.82. The fraction of sp³-hybridized carbons (Fsp3) is 0.333. The van der Waals surface area contributed by atoms with Crippen LogP contribution in [0.4, 0.5) is 4.79 Å². The molecule has 0 spiro atoms. The van der Waals surface area contributed by atoms with Gasteiger partial charge in [-0.05, 0) is 6.92 Å². The van der Waals surface area contributed by atoms with Gasteiger partial charge in [-0.25, -0.2) is 9.59 Å². The predicted octanol–water partition coefficient (Wildman–Crippen LogP) is -0.304. The monoisotopic (exact) mass is 196 g/mol. The maximum atomic E-state index is 9.60. The van der Waals surface area contributed by atoms with Gasteiger partial charge in [0.2, 0.25) is 0 Å². The molecule has 80 valence electrons. The topological polar surface area (TPSA) is 156 Å². The summed E-state index contributed by atoms with van der Waals surface area (Å²) < 4.78 is 4.18. The molecular formula is C6H16N2O5. The summed E-state index contributed by atoms with van der Waals surface area (Å²) in [5.74, 6) is -0.981. The predicted molar refractivity (Wildman–Crippen MR) is 47.7 cm³/mol. The Morgan fingerprint density at radius 3 is 1.92 bits per heavy atom. The molecule has 0 fully saturated rings. The standard InChI is InChI=1S/C3H7NO2.C3H4O2.H3N.H2O/c1-2-6-3(4)5;1-2-3(4)5;;/h2H2,1H3,(H2,4,5);2H,1H2,(H,4,5);1H3;1H2. The minimum Gasteiger partial charge on any atom is -0.478 e. The van der Waals surface area contributed by atoms with E-state index in [2.05, 4.69) is 17.0 Å². The Hall–Kier alpha value is -1.60. The SMILES string of the molecule is C=CC(=O)O.CCOC(N)=O.N.O. The van der Waals surface area contributed by atoms with E-state index in [-0.39, 0.29) is 11.6 Å². The first-order valence-corrected chi connectivity index (χ1v) is 2.82. The van der Waals surface area contributed by atoms with Crippen LogP contribution < -0.4 is 11.9 Å². The molecule has 0 bridgehead atoms.